The number of non-ortho nitro benzene ring substituents is 1. The van der Waals surface area contributed by atoms with Crippen molar-refractivity contribution in [3.05, 3.63) is 186 Å². The van der Waals surface area contributed by atoms with E-state index in [1.54, 1.807) is 36.4 Å². The van der Waals surface area contributed by atoms with Crippen LogP contribution >= 0.6 is 70.8 Å². The van der Waals surface area contributed by atoms with Gasteiger partial charge in [0.1, 0.15) is 28.0 Å². The number of alkyl halides is 4. The van der Waals surface area contributed by atoms with Gasteiger partial charge in [-0.05, 0) is 139 Å². The second-order valence-corrected chi connectivity index (χ2v) is 31.7. The van der Waals surface area contributed by atoms with Crippen LogP contribution in [-0.4, -0.2) is 176 Å². The van der Waals surface area contributed by atoms with E-state index in [4.69, 9.17) is 79.6 Å². The number of benzene rings is 5. The summed E-state index contributed by atoms with van der Waals surface area (Å²) in [6.45, 7) is 2.04. The smallest absolute Gasteiger partial charge is 0.489 e. The summed E-state index contributed by atoms with van der Waals surface area (Å²) < 4.78 is 153. The van der Waals surface area contributed by atoms with Gasteiger partial charge >= 0.3 is 24.7 Å². The molecule has 0 bridgehead atoms. The first-order chi connectivity index (χ1) is 51.0. The Kier molecular flexibility index (Phi) is 32.6. The van der Waals surface area contributed by atoms with E-state index in [1.807, 2.05) is 12.1 Å². The molecular formula is C70H78Cl4F4N7O19S4+. The zero-order valence-electron chi connectivity index (χ0n) is 58.0. The molecule has 0 spiro atoms. The van der Waals surface area contributed by atoms with Crippen LogP contribution in [0.3, 0.4) is 0 Å². The Hall–Kier alpha value is -7.58. The zero-order chi connectivity index (χ0) is 77.0. The Morgan fingerprint density at radius 3 is 1.56 bits per heavy atom. The Morgan fingerprint density at radius 2 is 1.11 bits per heavy atom. The number of nitro benzene ring substituents is 1. The van der Waals surface area contributed by atoms with Gasteiger partial charge in [-0.3, -0.25) is 38.7 Å². The molecule has 2 aromatic heterocycles. The number of nitrogens with zero attached hydrogens (tertiary/aromatic N) is 7. The van der Waals surface area contributed by atoms with Crippen LogP contribution in [0.15, 0.2) is 144 Å². The molecule has 3 N–H and O–H groups in total. The molecule has 2 atom stereocenters. The van der Waals surface area contributed by atoms with E-state index in [0.717, 1.165) is 61.7 Å². The van der Waals surface area contributed by atoms with Gasteiger partial charge in [0.25, 0.3) is 5.69 Å². The fourth-order valence-corrected chi connectivity index (χ4v) is 14.6. The van der Waals surface area contributed by atoms with Crippen molar-refractivity contribution in [3.8, 4) is 28.7 Å². The number of thiol groups is 1. The minimum atomic E-state index is -3.65. The number of ether oxygens (including phenoxy) is 9. The second-order valence-electron chi connectivity index (χ2n) is 24.7. The first kappa shape index (κ1) is 86.0. The number of carbonyl (C=O) groups is 2. The lowest BCUT2D eigenvalue weighted by molar-refractivity contribution is -0.904. The summed E-state index contributed by atoms with van der Waals surface area (Å²) in [7, 11) is -6.94. The Labute approximate surface area is 650 Å². The highest BCUT2D eigenvalue weighted by molar-refractivity contribution is 8.13. The molecule has 0 radical (unpaired) electrons. The van der Waals surface area contributed by atoms with Crippen LogP contribution in [0, 0.1) is 22.0 Å². The lowest BCUT2D eigenvalue weighted by atomic mass is 10.0. The molecule has 4 heterocycles. The maximum atomic E-state index is 13.5. The highest BCUT2D eigenvalue weighted by Crippen LogP contribution is 2.42. The van der Waals surface area contributed by atoms with Crippen molar-refractivity contribution in [2.24, 2.45) is 11.8 Å². The van der Waals surface area contributed by atoms with E-state index in [1.165, 1.54) is 100 Å². The minimum Gasteiger partial charge on any atom is -0.489 e. The normalized spacial score (nSPS) is 15.2. The van der Waals surface area contributed by atoms with Gasteiger partial charge in [-0.15, -0.1) is 12.6 Å². The summed E-state index contributed by atoms with van der Waals surface area (Å²) >= 11 is 30.3. The summed E-state index contributed by atoms with van der Waals surface area (Å²) in [5.74, 6) is 0.425. The third kappa shape index (κ3) is 27.5. The highest BCUT2D eigenvalue weighted by atomic mass is 35.5. The molecule has 2 saturated carbocycles. The summed E-state index contributed by atoms with van der Waals surface area (Å²) in [5, 5.41) is 20.6. The SMILES string of the molecule is CS(=O)(=O)N(CCN1CCOCC1)c1cccc(S)c1.CS(=O)(=O)N(CCN1CCOCC1)c1cccc(SC(=O)O[C@@H](Cc2c(Cl)c[n+](O)cc2Cl)c2ccc(OC(F)F)c(OCC3CC3)c2)c1.O.O=C(Oc1ccc([N+](=O)[O-])cc1)O[C@@H](Cc1c(Cl)cncc1Cl)c1ccc(OC(F)F)c(OCC2CC2)c1. The van der Waals surface area contributed by atoms with E-state index in [9.17, 15) is 59.3 Å². The molecule has 2 aliphatic carbocycles. The number of rotatable bonds is 31. The van der Waals surface area contributed by atoms with Gasteiger partial charge in [0, 0.05) is 110 Å². The van der Waals surface area contributed by atoms with Gasteiger partial charge in [-0.25, -0.2) is 26.4 Å². The van der Waals surface area contributed by atoms with E-state index in [-0.39, 0.29) is 79.4 Å². The number of halogens is 8. The lowest BCUT2D eigenvalue weighted by Gasteiger charge is -2.30. The number of hydrogen-bond acceptors (Lipinski definition) is 23. The van der Waals surface area contributed by atoms with Crippen molar-refractivity contribution in [3.63, 3.8) is 0 Å². The number of pyridine rings is 2. The molecule has 2 saturated heterocycles. The number of morpholine rings is 2. The third-order valence-electron chi connectivity index (χ3n) is 16.7. The molecule has 11 rings (SSSR count). The van der Waals surface area contributed by atoms with Crippen LogP contribution in [0.25, 0.3) is 0 Å². The van der Waals surface area contributed by atoms with Gasteiger partial charge in [-0.1, -0.05) is 70.7 Å². The Bertz CT molecular complexity index is 4370. The summed E-state index contributed by atoms with van der Waals surface area (Å²) in [6.07, 6.45) is 8.14. The zero-order valence-corrected chi connectivity index (χ0v) is 64.4. The molecule has 586 valence electrons. The number of carbonyl (C=O) groups excluding carboxylic acids is 2. The first-order valence-electron chi connectivity index (χ1n) is 33.3. The molecule has 0 unspecified atom stereocenters. The van der Waals surface area contributed by atoms with Crippen molar-refractivity contribution in [1.82, 2.24) is 14.8 Å². The van der Waals surface area contributed by atoms with Crippen LogP contribution in [-0.2, 0) is 51.8 Å². The molecule has 26 nitrogen and oxygen atoms in total. The molecule has 5 aromatic carbocycles. The largest absolute Gasteiger partial charge is 0.514 e. The van der Waals surface area contributed by atoms with E-state index < -0.39 is 61.9 Å². The lowest BCUT2D eigenvalue weighted by Crippen LogP contribution is -2.43. The number of thioether (sulfide) groups is 1. The summed E-state index contributed by atoms with van der Waals surface area (Å²) in [4.78, 5) is 45.8. The van der Waals surface area contributed by atoms with Gasteiger partial charge in [0.05, 0.1) is 78.5 Å². The van der Waals surface area contributed by atoms with Crippen molar-refractivity contribution in [2.45, 2.75) is 73.7 Å². The quantitative estimate of drug-likeness (QED) is 0.00469. The van der Waals surface area contributed by atoms with Crippen molar-refractivity contribution in [2.75, 3.05) is 113 Å². The van der Waals surface area contributed by atoms with Crippen molar-refractivity contribution >= 4 is 119 Å². The average molecular weight is 1670 g/mol. The average Bonchev–Trinajstić information content (AvgIpc) is 1.07. The van der Waals surface area contributed by atoms with E-state index >= 15 is 0 Å². The van der Waals surface area contributed by atoms with Crippen LogP contribution < -0.4 is 37.0 Å². The number of hydrogen-bond donors (Lipinski definition) is 2. The maximum Gasteiger partial charge on any atom is 0.514 e. The first-order valence-corrected chi connectivity index (χ1v) is 39.7. The number of anilines is 2. The highest BCUT2D eigenvalue weighted by Gasteiger charge is 2.31. The van der Waals surface area contributed by atoms with Crippen LogP contribution in [0.2, 0.25) is 20.1 Å². The summed E-state index contributed by atoms with van der Waals surface area (Å²) in [6, 6.07) is 27.0. The van der Waals surface area contributed by atoms with E-state index in [0.29, 0.717) is 127 Å². The third-order valence-corrected chi connectivity index (χ3v) is 21.4. The number of aromatic nitrogens is 2. The van der Waals surface area contributed by atoms with Crippen molar-refractivity contribution < 1.29 is 107 Å². The van der Waals surface area contributed by atoms with Gasteiger partial charge < -0.3 is 48.1 Å². The molecule has 108 heavy (non-hydrogen) atoms. The fourth-order valence-electron chi connectivity index (χ4n) is 10.8. The fraction of sp³-hybridized carbons (Fsp3) is 0.400. The van der Waals surface area contributed by atoms with Gasteiger partial charge in [0.2, 0.25) is 32.4 Å². The Balaban J connectivity index is 0.000000220. The molecule has 4 aliphatic rings. The minimum absolute atomic E-state index is 0. The van der Waals surface area contributed by atoms with Crippen LogP contribution in [0.5, 0.6) is 28.7 Å². The maximum absolute atomic E-state index is 13.5. The second kappa shape index (κ2) is 40.9. The predicted octanol–water partition coefficient (Wildman–Crippen LogP) is 13.7. The monoisotopic (exact) mass is 1660 g/mol. The van der Waals surface area contributed by atoms with Gasteiger partial charge in [0.15, 0.2) is 23.0 Å². The molecule has 7 aromatic rings. The standard InChI is InChI=1S/C32H36Cl2F2N3O8S2.C25H20Cl2F2N2O7.C13H20N2O3S2.H2O/c1-49(42,43)39(10-9-37-11-13-44-14-12-37)23-3-2-4-24(16-23)48-32(40)47-29(17-25-26(33)18-38(41)19-27(25)34)22-7-8-28(46-31(35)36)30(15-22)45-20-21-5-6-21;26-19-11-30-12-20(27)18(19)10-22(38-25(32)36-17-6-4-16(5-7-17)31(33)34)15-3-8-21(37-24(28)29)23(9-15)35-13-14-1-2-14;1-20(16,17)15(12-3-2-4-13(19)11-12)6-5-14-7-9-18-10-8-14;/h2-4,7-8,15-16,18-19,21,29,31,41H,5-6,9-14,17,20H2,1H3;3-9,11-12,14,22,24H,1-2,10,13H2;2-4,11,19H,5-10H2,1H3;1H2/q+1;;;/t29-;22-;;/m00../s1. The molecule has 4 fully saturated rings. The number of sulfonamides is 2. The van der Waals surface area contributed by atoms with Crippen LogP contribution in [0.4, 0.5) is 44.2 Å². The van der Waals surface area contributed by atoms with Gasteiger partial charge in [-0.2, -0.15) is 17.6 Å². The summed E-state index contributed by atoms with van der Waals surface area (Å²) in [5.41, 5.74) is 2.39. The Morgan fingerprint density at radius 1 is 0.657 bits per heavy atom. The van der Waals surface area contributed by atoms with Crippen molar-refractivity contribution in [1.29, 1.82) is 0 Å². The number of nitro groups is 1. The van der Waals surface area contributed by atoms with Crippen LogP contribution in [0.1, 0.15) is 60.1 Å². The topological polar surface area (TPSA) is 310 Å². The molecule has 2 aliphatic heterocycles. The molecular weight excluding hydrogens is 1590 g/mol. The predicted molar refractivity (Wildman–Crippen MR) is 399 cm³/mol. The van der Waals surface area contributed by atoms with E-state index in [2.05, 4.69) is 36.9 Å². The molecule has 0 amide bonds. The molecule has 38 heteroatoms.